The number of aryl methyl sites for hydroxylation is 1. The molecule has 1 aromatic rings. The van der Waals surface area contributed by atoms with Crippen LogP contribution in [0.2, 0.25) is 0 Å². The Morgan fingerprint density at radius 2 is 2.00 bits per heavy atom. The van der Waals surface area contributed by atoms with Gasteiger partial charge in [-0.1, -0.05) is 12.1 Å². The minimum Gasteiger partial charge on any atom is -0.379 e. The lowest BCUT2D eigenvalue weighted by molar-refractivity contribution is 0.0908. The molecule has 1 atom stereocenters. The van der Waals surface area contributed by atoms with Crippen LogP contribution in [-0.4, -0.2) is 29.9 Å². The highest BCUT2D eigenvalue weighted by molar-refractivity contribution is 6.36. The Labute approximate surface area is 103 Å². The van der Waals surface area contributed by atoms with Gasteiger partial charge in [-0.25, -0.2) is 4.39 Å². The van der Waals surface area contributed by atoms with Gasteiger partial charge >= 0.3 is 9.53 Å². The molecule has 17 heavy (non-hydrogen) atoms. The third-order valence-corrected chi connectivity index (χ3v) is 3.91. The van der Waals surface area contributed by atoms with Gasteiger partial charge in [0.15, 0.2) is 0 Å². The van der Waals surface area contributed by atoms with Gasteiger partial charge < -0.3 is 13.3 Å². The van der Waals surface area contributed by atoms with E-state index in [9.17, 15) is 4.39 Å². The van der Waals surface area contributed by atoms with Crippen molar-refractivity contribution in [2.45, 2.75) is 25.9 Å². The van der Waals surface area contributed by atoms with Gasteiger partial charge in [-0.2, -0.15) is 0 Å². The molecule has 0 radical (unpaired) electrons. The van der Waals surface area contributed by atoms with E-state index in [0.29, 0.717) is 0 Å². The summed E-state index contributed by atoms with van der Waals surface area (Å²) >= 11 is 0. The van der Waals surface area contributed by atoms with Gasteiger partial charge in [0.1, 0.15) is 5.82 Å². The fourth-order valence-electron chi connectivity index (χ4n) is 1.53. The molecule has 0 aliphatic rings. The van der Waals surface area contributed by atoms with Gasteiger partial charge in [-0.15, -0.1) is 0 Å². The second-order valence-corrected chi connectivity index (χ2v) is 5.67. The van der Waals surface area contributed by atoms with Crippen LogP contribution in [0.3, 0.4) is 0 Å². The second kappa shape index (κ2) is 7.55. The normalized spacial score (nSPS) is 13.0. The largest absolute Gasteiger partial charge is 0.483 e. The van der Waals surface area contributed by atoms with Crippen molar-refractivity contribution in [2.24, 2.45) is 0 Å². The molecule has 1 unspecified atom stereocenters. The highest BCUT2D eigenvalue weighted by Crippen LogP contribution is 2.10. The molecule has 0 heterocycles. The first kappa shape index (κ1) is 14.3. The van der Waals surface area contributed by atoms with Crippen LogP contribution in [-0.2, 0) is 19.7 Å². The minimum absolute atomic E-state index is 0.0508. The summed E-state index contributed by atoms with van der Waals surface area (Å²) in [5.41, 5.74) is 0.980. The van der Waals surface area contributed by atoms with Crippen molar-refractivity contribution in [3.8, 4) is 0 Å². The summed E-state index contributed by atoms with van der Waals surface area (Å²) in [6, 6.07) is 6.63. The van der Waals surface area contributed by atoms with Crippen LogP contribution in [0.5, 0.6) is 0 Å². The predicted molar refractivity (Wildman–Crippen MR) is 66.4 cm³/mol. The van der Waals surface area contributed by atoms with Crippen LogP contribution in [0.1, 0.15) is 18.9 Å². The molecule has 0 amide bonds. The Kier molecular flexibility index (Phi) is 6.35. The Hall–Kier alpha value is -0.753. The number of rotatable bonds is 7. The predicted octanol–water partition coefficient (Wildman–Crippen LogP) is 2.17. The quantitative estimate of drug-likeness (QED) is 0.702. The lowest BCUT2D eigenvalue weighted by atomic mass is 10.1. The van der Waals surface area contributed by atoms with E-state index in [-0.39, 0.29) is 11.9 Å². The van der Waals surface area contributed by atoms with E-state index in [4.69, 9.17) is 13.3 Å². The zero-order valence-corrected chi connectivity index (χ0v) is 11.6. The molecule has 0 aliphatic carbocycles. The van der Waals surface area contributed by atoms with Crippen LogP contribution >= 0.6 is 0 Å². The molecule has 0 aromatic heterocycles. The number of halogens is 1. The van der Waals surface area contributed by atoms with E-state index in [2.05, 4.69) is 0 Å². The van der Waals surface area contributed by atoms with Crippen LogP contribution in [0.15, 0.2) is 24.3 Å². The summed E-state index contributed by atoms with van der Waals surface area (Å²) in [6.07, 6.45) is 1.66. The standard InChI is InChI=1S/C12H19FO3Si/c1-10(16-17(14-2)15-3)7-8-11-5-4-6-12(13)9-11/h4-6,9-10,17H,7-8H2,1-3H3. The number of hydrogen-bond acceptors (Lipinski definition) is 3. The number of hydrogen-bond donors (Lipinski definition) is 0. The Morgan fingerprint density at radius 1 is 1.29 bits per heavy atom. The Bertz CT molecular complexity index is 331. The van der Waals surface area contributed by atoms with Crippen molar-refractivity contribution < 1.29 is 17.7 Å². The molecule has 3 nitrogen and oxygen atoms in total. The third kappa shape index (κ3) is 5.41. The van der Waals surface area contributed by atoms with E-state index in [1.54, 1.807) is 26.4 Å². The average Bonchev–Trinajstić information content (AvgIpc) is 2.33. The van der Waals surface area contributed by atoms with Gasteiger partial charge in [-0.05, 0) is 37.5 Å². The molecular weight excluding hydrogens is 239 g/mol. The van der Waals surface area contributed by atoms with Crippen molar-refractivity contribution in [2.75, 3.05) is 14.2 Å². The molecule has 5 heteroatoms. The molecule has 0 fully saturated rings. The maximum Gasteiger partial charge on any atom is 0.483 e. The van der Waals surface area contributed by atoms with Crippen molar-refractivity contribution in [1.82, 2.24) is 0 Å². The zero-order chi connectivity index (χ0) is 12.7. The average molecular weight is 258 g/mol. The summed E-state index contributed by atoms with van der Waals surface area (Å²) in [4.78, 5) is 0. The molecule has 0 bridgehead atoms. The lowest BCUT2D eigenvalue weighted by Crippen LogP contribution is -2.28. The summed E-state index contributed by atoms with van der Waals surface area (Å²) in [7, 11) is 1.21. The first-order valence-corrected chi connectivity index (χ1v) is 7.02. The molecule has 0 N–H and O–H groups in total. The molecular formula is C12H19FO3Si. The maximum absolute atomic E-state index is 12.9. The highest BCUT2D eigenvalue weighted by Gasteiger charge is 2.15. The Morgan fingerprint density at radius 3 is 2.59 bits per heavy atom. The molecule has 0 saturated carbocycles. The molecule has 1 aromatic carbocycles. The van der Waals surface area contributed by atoms with Crippen molar-refractivity contribution in [3.05, 3.63) is 35.6 Å². The second-order valence-electron chi connectivity index (χ2n) is 3.88. The first-order chi connectivity index (χ1) is 8.15. The number of benzene rings is 1. The van der Waals surface area contributed by atoms with E-state index < -0.39 is 9.53 Å². The van der Waals surface area contributed by atoms with Crippen molar-refractivity contribution >= 4 is 9.53 Å². The van der Waals surface area contributed by atoms with Gasteiger partial charge in [0.2, 0.25) is 0 Å². The fraction of sp³-hybridized carbons (Fsp3) is 0.500. The van der Waals surface area contributed by atoms with Crippen molar-refractivity contribution in [3.63, 3.8) is 0 Å². The summed E-state index contributed by atoms with van der Waals surface area (Å²) < 4.78 is 28.7. The van der Waals surface area contributed by atoms with Gasteiger partial charge in [-0.3, -0.25) is 0 Å². The van der Waals surface area contributed by atoms with Crippen molar-refractivity contribution in [1.29, 1.82) is 0 Å². The molecule has 0 spiro atoms. The third-order valence-electron chi connectivity index (χ3n) is 2.46. The first-order valence-electron chi connectivity index (χ1n) is 5.61. The molecule has 0 saturated heterocycles. The molecule has 96 valence electrons. The van der Waals surface area contributed by atoms with Crippen LogP contribution in [0.4, 0.5) is 4.39 Å². The monoisotopic (exact) mass is 258 g/mol. The van der Waals surface area contributed by atoms with Gasteiger partial charge in [0, 0.05) is 20.3 Å². The topological polar surface area (TPSA) is 27.7 Å². The zero-order valence-electron chi connectivity index (χ0n) is 10.5. The minimum atomic E-state index is -1.96. The maximum atomic E-state index is 12.9. The lowest BCUT2D eigenvalue weighted by Gasteiger charge is -2.17. The summed E-state index contributed by atoms with van der Waals surface area (Å²) in [5, 5.41) is 0. The van der Waals surface area contributed by atoms with E-state index >= 15 is 0 Å². The van der Waals surface area contributed by atoms with Gasteiger partial charge in [0.25, 0.3) is 0 Å². The van der Waals surface area contributed by atoms with E-state index in [1.165, 1.54) is 6.07 Å². The van der Waals surface area contributed by atoms with Gasteiger partial charge in [0.05, 0.1) is 0 Å². The fourth-order valence-corrected chi connectivity index (χ4v) is 2.46. The van der Waals surface area contributed by atoms with Crippen LogP contribution in [0.25, 0.3) is 0 Å². The summed E-state index contributed by atoms with van der Waals surface area (Å²) in [6.45, 7) is 1.97. The smallest absolute Gasteiger partial charge is 0.379 e. The van der Waals surface area contributed by atoms with E-state index in [0.717, 1.165) is 18.4 Å². The molecule has 0 aliphatic heterocycles. The Balaban J connectivity index is 2.35. The van der Waals surface area contributed by atoms with E-state index in [1.807, 2.05) is 13.0 Å². The SMILES string of the molecule is CO[SiH](OC)OC(C)CCc1cccc(F)c1. The molecule has 1 rings (SSSR count). The highest BCUT2D eigenvalue weighted by atomic mass is 28.3. The summed E-state index contributed by atoms with van der Waals surface area (Å²) in [5.74, 6) is -0.197. The van der Waals surface area contributed by atoms with Crippen LogP contribution < -0.4 is 0 Å². The van der Waals surface area contributed by atoms with Crippen LogP contribution in [0, 0.1) is 5.82 Å².